The van der Waals surface area contributed by atoms with Gasteiger partial charge >= 0.3 is 0 Å². The lowest BCUT2D eigenvalue weighted by molar-refractivity contribution is 0.102. The minimum atomic E-state index is -0.472. The molecule has 0 aromatic heterocycles. The first-order valence-corrected chi connectivity index (χ1v) is 6.08. The number of methoxy groups -OCH3 is 1. The third kappa shape index (κ3) is 2.71. The summed E-state index contributed by atoms with van der Waals surface area (Å²) < 4.78 is 18.8. The molecule has 0 aliphatic heterocycles. The number of benzene rings is 2. The molecule has 0 radical (unpaired) electrons. The Kier molecular flexibility index (Phi) is 4.20. The number of carbonyl (C=O) groups excluding carboxylic acids is 1. The molecule has 0 bridgehead atoms. The standard InChI is InChI=1S/C15H15FN2O2/c1-17-14-10(6-5-7-11(14)16)15(19)18-12-8-3-4-9-13(12)20-2/h3-9,17H,1-2H3,(H,18,19). The van der Waals surface area contributed by atoms with Gasteiger partial charge in [0, 0.05) is 7.05 Å². The van der Waals surface area contributed by atoms with Gasteiger partial charge in [0.2, 0.25) is 0 Å². The van der Waals surface area contributed by atoms with Gasteiger partial charge in [-0.1, -0.05) is 18.2 Å². The van der Waals surface area contributed by atoms with Crippen LogP contribution < -0.4 is 15.4 Å². The van der Waals surface area contributed by atoms with E-state index in [-0.39, 0.29) is 11.3 Å². The average Bonchev–Trinajstić information content (AvgIpc) is 2.47. The van der Waals surface area contributed by atoms with Gasteiger partial charge in [-0.05, 0) is 24.3 Å². The van der Waals surface area contributed by atoms with E-state index in [1.807, 2.05) is 0 Å². The summed E-state index contributed by atoms with van der Waals surface area (Å²) in [5.41, 5.74) is 0.935. The summed E-state index contributed by atoms with van der Waals surface area (Å²) in [7, 11) is 3.09. The van der Waals surface area contributed by atoms with Gasteiger partial charge in [0.15, 0.2) is 0 Å². The quantitative estimate of drug-likeness (QED) is 0.900. The van der Waals surface area contributed by atoms with E-state index >= 15 is 0 Å². The van der Waals surface area contributed by atoms with Crippen molar-refractivity contribution in [3.05, 3.63) is 53.8 Å². The highest BCUT2D eigenvalue weighted by molar-refractivity contribution is 6.08. The molecule has 0 aliphatic carbocycles. The monoisotopic (exact) mass is 274 g/mol. The van der Waals surface area contributed by atoms with E-state index in [0.29, 0.717) is 11.4 Å². The molecule has 0 aliphatic rings. The van der Waals surface area contributed by atoms with Crippen LogP contribution in [0.1, 0.15) is 10.4 Å². The molecule has 5 heteroatoms. The van der Waals surface area contributed by atoms with Crippen LogP contribution in [0.15, 0.2) is 42.5 Å². The number of para-hydroxylation sites is 3. The summed E-state index contributed by atoms with van der Waals surface area (Å²) in [6, 6.07) is 11.4. The van der Waals surface area contributed by atoms with Crippen LogP contribution in [-0.2, 0) is 0 Å². The highest BCUT2D eigenvalue weighted by Gasteiger charge is 2.15. The minimum absolute atomic E-state index is 0.167. The maximum atomic E-state index is 13.6. The Bertz CT molecular complexity index is 629. The number of carbonyl (C=O) groups is 1. The Morgan fingerprint density at radius 1 is 1.15 bits per heavy atom. The zero-order chi connectivity index (χ0) is 14.5. The normalized spacial score (nSPS) is 9.95. The van der Waals surface area contributed by atoms with Crippen molar-refractivity contribution in [2.75, 3.05) is 24.8 Å². The maximum Gasteiger partial charge on any atom is 0.257 e. The molecular formula is C15H15FN2O2. The molecule has 0 unspecified atom stereocenters. The Labute approximate surface area is 116 Å². The molecule has 0 fully saturated rings. The molecule has 2 rings (SSSR count). The van der Waals surface area contributed by atoms with Crippen molar-refractivity contribution in [1.82, 2.24) is 0 Å². The topological polar surface area (TPSA) is 50.4 Å². The lowest BCUT2D eigenvalue weighted by atomic mass is 10.1. The van der Waals surface area contributed by atoms with Gasteiger partial charge in [0.25, 0.3) is 5.91 Å². The number of hydrogen-bond donors (Lipinski definition) is 2. The van der Waals surface area contributed by atoms with Gasteiger partial charge in [-0.3, -0.25) is 4.79 Å². The van der Waals surface area contributed by atoms with Crippen molar-refractivity contribution >= 4 is 17.3 Å². The van der Waals surface area contributed by atoms with E-state index in [0.717, 1.165) is 0 Å². The summed E-state index contributed by atoms with van der Waals surface area (Å²) in [4.78, 5) is 12.2. The molecule has 1 amide bonds. The van der Waals surface area contributed by atoms with Crippen LogP contribution in [-0.4, -0.2) is 20.1 Å². The second kappa shape index (κ2) is 6.06. The summed E-state index contributed by atoms with van der Waals surface area (Å²) in [5, 5.41) is 5.40. The zero-order valence-corrected chi connectivity index (χ0v) is 11.2. The van der Waals surface area contributed by atoms with Gasteiger partial charge in [-0.25, -0.2) is 4.39 Å². The first-order valence-electron chi connectivity index (χ1n) is 6.08. The third-order valence-electron chi connectivity index (χ3n) is 2.86. The van der Waals surface area contributed by atoms with Crippen LogP contribution in [0.3, 0.4) is 0 Å². The first-order chi connectivity index (χ1) is 9.67. The van der Waals surface area contributed by atoms with Crippen LogP contribution in [0.25, 0.3) is 0 Å². The summed E-state index contributed by atoms with van der Waals surface area (Å²) in [6.45, 7) is 0. The third-order valence-corrected chi connectivity index (χ3v) is 2.86. The number of anilines is 2. The second-order valence-corrected chi connectivity index (χ2v) is 4.07. The van der Waals surface area contributed by atoms with E-state index < -0.39 is 11.7 Å². The van der Waals surface area contributed by atoms with E-state index in [4.69, 9.17) is 4.74 Å². The fourth-order valence-electron chi connectivity index (χ4n) is 1.90. The summed E-state index contributed by atoms with van der Waals surface area (Å²) in [6.07, 6.45) is 0. The Morgan fingerprint density at radius 2 is 1.90 bits per heavy atom. The van der Waals surface area contributed by atoms with Gasteiger partial charge in [-0.2, -0.15) is 0 Å². The minimum Gasteiger partial charge on any atom is -0.495 e. The number of rotatable bonds is 4. The SMILES string of the molecule is CNc1c(F)cccc1C(=O)Nc1ccccc1OC. The maximum absolute atomic E-state index is 13.6. The van der Waals surface area contributed by atoms with E-state index in [2.05, 4.69) is 10.6 Å². The van der Waals surface area contributed by atoms with Crippen molar-refractivity contribution in [2.24, 2.45) is 0 Å². The van der Waals surface area contributed by atoms with Crippen LogP contribution in [0.5, 0.6) is 5.75 Å². The predicted octanol–water partition coefficient (Wildman–Crippen LogP) is 3.13. The predicted molar refractivity (Wildman–Crippen MR) is 76.9 cm³/mol. The van der Waals surface area contributed by atoms with Crippen molar-refractivity contribution in [3.8, 4) is 5.75 Å². The molecule has 0 spiro atoms. The lowest BCUT2D eigenvalue weighted by Gasteiger charge is -2.12. The van der Waals surface area contributed by atoms with E-state index in [1.165, 1.54) is 19.2 Å². The van der Waals surface area contributed by atoms with Crippen LogP contribution in [0.4, 0.5) is 15.8 Å². The van der Waals surface area contributed by atoms with Crippen molar-refractivity contribution in [2.45, 2.75) is 0 Å². The van der Waals surface area contributed by atoms with Crippen LogP contribution in [0, 0.1) is 5.82 Å². The highest BCUT2D eigenvalue weighted by Crippen LogP contribution is 2.25. The molecule has 0 atom stereocenters. The van der Waals surface area contributed by atoms with Crippen molar-refractivity contribution in [1.29, 1.82) is 0 Å². The lowest BCUT2D eigenvalue weighted by Crippen LogP contribution is -2.15. The molecule has 0 saturated heterocycles. The number of halogens is 1. The molecule has 4 nitrogen and oxygen atoms in total. The molecule has 2 N–H and O–H groups in total. The second-order valence-electron chi connectivity index (χ2n) is 4.07. The number of ether oxygens (including phenoxy) is 1. The molecule has 104 valence electrons. The van der Waals surface area contributed by atoms with Crippen LogP contribution >= 0.6 is 0 Å². The first kappa shape index (κ1) is 13.9. The van der Waals surface area contributed by atoms with E-state index in [9.17, 15) is 9.18 Å². The Hall–Kier alpha value is -2.56. The summed E-state index contributed by atoms with van der Waals surface area (Å²) in [5.74, 6) is -0.332. The molecule has 0 saturated carbocycles. The van der Waals surface area contributed by atoms with Crippen molar-refractivity contribution < 1.29 is 13.9 Å². The molecular weight excluding hydrogens is 259 g/mol. The average molecular weight is 274 g/mol. The van der Waals surface area contributed by atoms with Gasteiger partial charge in [0.1, 0.15) is 11.6 Å². The molecule has 2 aromatic carbocycles. The largest absolute Gasteiger partial charge is 0.495 e. The van der Waals surface area contributed by atoms with Gasteiger partial charge in [0.05, 0.1) is 24.0 Å². The van der Waals surface area contributed by atoms with E-state index in [1.54, 1.807) is 37.4 Å². The van der Waals surface area contributed by atoms with Gasteiger partial charge < -0.3 is 15.4 Å². The number of nitrogens with one attached hydrogen (secondary N) is 2. The Balaban J connectivity index is 2.31. The molecule has 20 heavy (non-hydrogen) atoms. The Morgan fingerprint density at radius 3 is 2.60 bits per heavy atom. The fourth-order valence-corrected chi connectivity index (χ4v) is 1.90. The molecule has 0 heterocycles. The van der Waals surface area contributed by atoms with Crippen molar-refractivity contribution in [3.63, 3.8) is 0 Å². The molecule has 2 aromatic rings. The smallest absolute Gasteiger partial charge is 0.257 e. The highest BCUT2D eigenvalue weighted by atomic mass is 19.1. The fraction of sp³-hybridized carbons (Fsp3) is 0.133. The zero-order valence-electron chi connectivity index (χ0n) is 11.2. The van der Waals surface area contributed by atoms with Crippen LogP contribution in [0.2, 0.25) is 0 Å². The number of hydrogen-bond acceptors (Lipinski definition) is 3. The number of amides is 1. The van der Waals surface area contributed by atoms with Gasteiger partial charge in [-0.15, -0.1) is 0 Å². The summed E-state index contributed by atoms with van der Waals surface area (Å²) >= 11 is 0.